The van der Waals surface area contributed by atoms with Crippen LogP contribution in [0, 0.1) is 0 Å². The summed E-state index contributed by atoms with van der Waals surface area (Å²) >= 11 is 3.35. The van der Waals surface area contributed by atoms with E-state index in [2.05, 4.69) is 40.3 Å². The molecule has 0 aliphatic carbocycles. The summed E-state index contributed by atoms with van der Waals surface area (Å²) in [5.74, 6) is 0.855. The summed E-state index contributed by atoms with van der Waals surface area (Å²) in [5, 5.41) is 2.89. The van der Waals surface area contributed by atoms with Gasteiger partial charge in [-0.2, -0.15) is 0 Å². The van der Waals surface area contributed by atoms with Crippen molar-refractivity contribution in [2.75, 3.05) is 13.2 Å². The SMILES string of the molecule is C[C@@H](CNC(=O)COc1ccc(Br)cc1)c1ccccc1. The van der Waals surface area contributed by atoms with Gasteiger partial charge in [-0.3, -0.25) is 4.79 Å². The van der Waals surface area contributed by atoms with E-state index in [0.717, 1.165) is 4.47 Å². The van der Waals surface area contributed by atoms with Gasteiger partial charge in [-0.25, -0.2) is 0 Å². The molecule has 0 saturated carbocycles. The van der Waals surface area contributed by atoms with Crippen LogP contribution in [-0.4, -0.2) is 19.1 Å². The van der Waals surface area contributed by atoms with Crippen LogP contribution in [0.4, 0.5) is 0 Å². The molecule has 0 saturated heterocycles. The van der Waals surface area contributed by atoms with Gasteiger partial charge in [0.05, 0.1) is 0 Å². The molecule has 2 aromatic rings. The Bertz CT molecular complexity index is 569. The van der Waals surface area contributed by atoms with E-state index in [1.165, 1.54) is 5.56 Å². The Labute approximate surface area is 133 Å². The number of ether oxygens (including phenoxy) is 1. The molecule has 0 heterocycles. The topological polar surface area (TPSA) is 38.3 Å². The molecule has 110 valence electrons. The zero-order chi connectivity index (χ0) is 15.1. The van der Waals surface area contributed by atoms with E-state index in [1.54, 1.807) is 0 Å². The number of halogens is 1. The molecule has 0 aliphatic heterocycles. The number of carbonyl (C=O) groups excluding carboxylic acids is 1. The van der Waals surface area contributed by atoms with E-state index < -0.39 is 0 Å². The standard InChI is InChI=1S/C17H18BrNO2/c1-13(14-5-3-2-4-6-14)11-19-17(20)12-21-16-9-7-15(18)8-10-16/h2-10,13H,11-12H2,1H3,(H,19,20)/t13-/m0/s1. The second kappa shape index (κ2) is 7.84. The van der Waals surface area contributed by atoms with Crippen LogP contribution >= 0.6 is 15.9 Å². The van der Waals surface area contributed by atoms with Crippen LogP contribution < -0.4 is 10.1 Å². The van der Waals surface area contributed by atoms with Gasteiger partial charge in [0.25, 0.3) is 5.91 Å². The van der Waals surface area contributed by atoms with Crippen LogP contribution in [0.3, 0.4) is 0 Å². The number of hydrogen-bond acceptors (Lipinski definition) is 2. The molecule has 0 radical (unpaired) electrons. The highest BCUT2D eigenvalue weighted by atomic mass is 79.9. The molecule has 3 nitrogen and oxygen atoms in total. The Morgan fingerprint density at radius 2 is 1.81 bits per heavy atom. The van der Waals surface area contributed by atoms with E-state index in [9.17, 15) is 4.79 Å². The van der Waals surface area contributed by atoms with Crippen molar-refractivity contribution in [3.63, 3.8) is 0 Å². The number of rotatable bonds is 6. The number of carbonyl (C=O) groups is 1. The minimum atomic E-state index is -0.110. The molecule has 0 bridgehead atoms. The molecule has 1 amide bonds. The molecule has 1 N–H and O–H groups in total. The monoisotopic (exact) mass is 347 g/mol. The second-order valence-corrected chi connectivity index (χ2v) is 5.77. The van der Waals surface area contributed by atoms with Crippen LogP contribution in [0.1, 0.15) is 18.4 Å². The summed E-state index contributed by atoms with van der Waals surface area (Å²) < 4.78 is 6.41. The fourth-order valence-corrected chi connectivity index (χ4v) is 2.16. The smallest absolute Gasteiger partial charge is 0.257 e. The Morgan fingerprint density at radius 3 is 2.48 bits per heavy atom. The highest BCUT2D eigenvalue weighted by molar-refractivity contribution is 9.10. The lowest BCUT2D eigenvalue weighted by Crippen LogP contribution is -2.31. The summed E-state index contributed by atoms with van der Waals surface area (Å²) in [6, 6.07) is 17.5. The van der Waals surface area contributed by atoms with E-state index in [4.69, 9.17) is 4.74 Å². The molecule has 0 fully saturated rings. The summed E-state index contributed by atoms with van der Waals surface area (Å²) in [7, 11) is 0. The molecule has 4 heteroatoms. The molecule has 0 aliphatic rings. The third-order valence-corrected chi connectivity index (χ3v) is 3.69. The van der Waals surface area contributed by atoms with Gasteiger partial charge in [-0.05, 0) is 35.7 Å². The van der Waals surface area contributed by atoms with Gasteiger partial charge in [0, 0.05) is 11.0 Å². The Balaban J connectivity index is 1.73. The Hall–Kier alpha value is -1.81. The lowest BCUT2D eigenvalue weighted by molar-refractivity contribution is -0.123. The van der Waals surface area contributed by atoms with E-state index >= 15 is 0 Å². The molecule has 2 rings (SSSR count). The van der Waals surface area contributed by atoms with Crippen molar-refractivity contribution >= 4 is 21.8 Å². The van der Waals surface area contributed by atoms with E-state index in [-0.39, 0.29) is 18.4 Å². The van der Waals surface area contributed by atoms with Crippen LogP contribution in [0.25, 0.3) is 0 Å². The van der Waals surface area contributed by atoms with Crippen molar-refractivity contribution in [2.45, 2.75) is 12.8 Å². The first-order chi connectivity index (χ1) is 10.1. The number of hydrogen-bond donors (Lipinski definition) is 1. The molecule has 1 atom stereocenters. The predicted octanol–water partition coefficient (Wildman–Crippen LogP) is 3.75. The maximum atomic E-state index is 11.8. The van der Waals surface area contributed by atoms with E-state index in [0.29, 0.717) is 12.3 Å². The van der Waals surface area contributed by atoms with Gasteiger partial charge in [0.2, 0.25) is 0 Å². The fraction of sp³-hybridized carbons (Fsp3) is 0.235. The first-order valence-electron chi connectivity index (χ1n) is 6.85. The van der Waals surface area contributed by atoms with Crippen LogP contribution in [0.2, 0.25) is 0 Å². The first-order valence-corrected chi connectivity index (χ1v) is 7.64. The van der Waals surface area contributed by atoms with Crippen molar-refractivity contribution in [2.24, 2.45) is 0 Å². The van der Waals surface area contributed by atoms with Crippen molar-refractivity contribution in [3.8, 4) is 5.75 Å². The van der Waals surface area contributed by atoms with Crippen LogP contribution in [-0.2, 0) is 4.79 Å². The van der Waals surface area contributed by atoms with Gasteiger partial charge in [-0.15, -0.1) is 0 Å². The molecule has 21 heavy (non-hydrogen) atoms. The molecule has 0 unspecified atom stereocenters. The van der Waals surface area contributed by atoms with E-state index in [1.807, 2.05) is 42.5 Å². The number of amides is 1. The highest BCUT2D eigenvalue weighted by Crippen LogP contribution is 2.16. The maximum absolute atomic E-state index is 11.8. The lowest BCUT2D eigenvalue weighted by Gasteiger charge is -2.13. The third kappa shape index (κ3) is 5.23. The molecule has 0 spiro atoms. The first kappa shape index (κ1) is 15.6. The lowest BCUT2D eigenvalue weighted by atomic mass is 10.0. The van der Waals surface area contributed by atoms with Crippen molar-refractivity contribution in [1.82, 2.24) is 5.32 Å². The van der Waals surface area contributed by atoms with Crippen molar-refractivity contribution in [3.05, 3.63) is 64.6 Å². The molecule has 0 aromatic heterocycles. The second-order valence-electron chi connectivity index (χ2n) is 4.86. The van der Waals surface area contributed by atoms with Gasteiger partial charge in [-0.1, -0.05) is 53.2 Å². The average Bonchev–Trinajstić information content (AvgIpc) is 2.53. The zero-order valence-corrected chi connectivity index (χ0v) is 13.5. The van der Waals surface area contributed by atoms with Crippen LogP contribution in [0.5, 0.6) is 5.75 Å². The Morgan fingerprint density at radius 1 is 1.14 bits per heavy atom. The number of nitrogens with one attached hydrogen (secondary N) is 1. The summed E-state index contributed by atoms with van der Waals surface area (Å²) in [5.41, 5.74) is 1.21. The zero-order valence-electron chi connectivity index (χ0n) is 11.9. The summed E-state index contributed by atoms with van der Waals surface area (Å²) in [6.07, 6.45) is 0. The maximum Gasteiger partial charge on any atom is 0.257 e. The molecular formula is C17H18BrNO2. The fourth-order valence-electron chi connectivity index (χ4n) is 1.90. The minimum absolute atomic E-state index is 0.0309. The van der Waals surface area contributed by atoms with Crippen LogP contribution in [0.15, 0.2) is 59.1 Å². The minimum Gasteiger partial charge on any atom is -0.484 e. The quantitative estimate of drug-likeness (QED) is 0.864. The van der Waals surface area contributed by atoms with Gasteiger partial charge < -0.3 is 10.1 Å². The van der Waals surface area contributed by atoms with Gasteiger partial charge in [0.1, 0.15) is 5.75 Å². The molecule has 2 aromatic carbocycles. The normalized spacial score (nSPS) is 11.7. The predicted molar refractivity (Wildman–Crippen MR) is 87.5 cm³/mol. The highest BCUT2D eigenvalue weighted by Gasteiger charge is 2.08. The van der Waals surface area contributed by atoms with Crippen molar-refractivity contribution in [1.29, 1.82) is 0 Å². The third-order valence-electron chi connectivity index (χ3n) is 3.16. The summed E-state index contributed by atoms with van der Waals surface area (Å²) in [6.45, 7) is 2.72. The van der Waals surface area contributed by atoms with Crippen molar-refractivity contribution < 1.29 is 9.53 Å². The number of benzene rings is 2. The molecular weight excluding hydrogens is 330 g/mol. The van der Waals surface area contributed by atoms with Gasteiger partial charge in [0.15, 0.2) is 6.61 Å². The van der Waals surface area contributed by atoms with Gasteiger partial charge >= 0.3 is 0 Å². The summed E-state index contributed by atoms with van der Waals surface area (Å²) in [4.78, 5) is 11.8. The average molecular weight is 348 g/mol. The largest absolute Gasteiger partial charge is 0.484 e. The Kier molecular flexibility index (Phi) is 5.81.